The van der Waals surface area contributed by atoms with Crippen LogP contribution in [0.2, 0.25) is 0 Å². The molecule has 0 saturated carbocycles. The van der Waals surface area contributed by atoms with E-state index >= 15 is 0 Å². The zero-order valence-electron chi connectivity index (χ0n) is 9.69. The molecule has 0 aromatic carbocycles. The molecule has 1 aliphatic rings. The Labute approximate surface area is 91.1 Å². The second kappa shape index (κ2) is 5.28. The molecule has 2 N–H and O–H groups in total. The molecule has 15 heavy (non-hydrogen) atoms. The number of primary amides is 1. The second-order valence-corrected chi connectivity index (χ2v) is 4.20. The molecule has 1 aliphatic heterocycles. The molecule has 2 atom stereocenters. The summed E-state index contributed by atoms with van der Waals surface area (Å²) in [6.07, 6.45) is 2.00. The summed E-state index contributed by atoms with van der Waals surface area (Å²) in [6.45, 7) is 8.18. The van der Waals surface area contributed by atoms with E-state index in [2.05, 4.69) is 11.0 Å². The van der Waals surface area contributed by atoms with Crippen LogP contribution in [0.1, 0.15) is 20.8 Å². The fourth-order valence-corrected chi connectivity index (χ4v) is 1.80. The maximum atomic E-state index is 11.3. The van der Waals surface area contributed by atoms with Crippen LogP contribution in [-0.2, 0) is 9.53 Å². The first-order valence-electron chi connectivity index (χ1n) is 5.30. The van der Waals surface area contributed by atoms with Gasteiger partial charge < -0.3 is 10.5 Å². The van der Waals surface area contributed by atoms with Gasteiger partial charge in [-0.1, -0.05) is 11.6 Å². The van der Waals surface area contributed by atoms with Crippen LogP contribution in [0.4, 0.5) is 0 Å². The van der Waals surface area contributed by atoms with E-state index in [4.69, 9.17) is 10.5 Å². The van der Waals surface area contributed by atoms with Gasteiger partial charge in [0.25, 0.3) is 0 Å². The monoisotopic (exact) mass is 212 g/mol. The van der Waals surface area contributed by atoms with Crippen molar-refractivity contribution in [2.45, 2.75) is 32.9 Å². The van der Waals surface area contributed by atoms with Gasteiger partial charge in [0, 0.05) is 13.1 Å². The van der Waals surface area contributed by atoms with Crippen LogP contribution in [0.3, 0.4) is 0 Å². The third-order valence-corrected chi connectivity index (χ3v) is 2.62. The molecule has 1 heterocycles. The topological polar surface area (TPSA) is 55.6 Å². The predicted molar refractivity (Wildman–Crippen MR) is 59.4 cm³/mol. The highest BCUT2D eigenvalue weighted by molar-refractivity contribution is 5.80. The van der Waals surface area contributed by atoms with Gasteiger partial charge in [0.1, 0.15) is 6.04 Å². The predicted octanol–water partition coefficient (Wildman–Crippen LogP) is 0.527. The van der Waals surface area contributed by atoms with Crippen molar-refractivity contribution < 1.29 is 9.53 Å². The Balaban J connectivity index is 2.66. The average Bonchev–Trinajstić information content (AvgIpc) is 2.13. The van der Waals surface area contributed by atoms with Crippen molar-refractivity contribution >= 4 is 5.91 Å². The summed E-state index contributed by atoms with van der Waals surface area (Å²) in [5.74, 6) is -0.302. The Morgan fingerprint density at radius 1 is 1.60 bits per heavy atom. The fraction of sp³-hybridized carbons (Fsp3) is 0.727. The van der Waals surface area contributed by atoms with Gasteiger partial charge in [-0.2, -0.15) is 0 Å². The molecular weight excluding hydrogens is 192 g/mol. The Morgan fingerprint density at radius 2 is 2.27 bits per heavy atom. The van der Waals surface area contributed by atoms with Crippen molar-refractivity contribution in [1.82, 2.24) is 4.90 Å². The number of ether oxygens (including phenoxy) is 1. The second-order valence-electron chi connectivity index (χ2n) is 4.20. The average molecular weight is 212 g/mol. The lowest BCUT2D eigenvalue weighted by Crippen LogP contribution is -2.56. The normalized spacial score (nSPS) is 27.4. The number of allylic oxidation sites excluding steroid dienone is 1. The summed E-state index contributed by atoms with van der Waals surface area (Å²) in [7, 11) is 0. The molecule has 0 aromatic heterocycles. The number of amides is 1. The minimum absolute atomic E-state index is 0.109. The molecule has 0 spiro atoms. The quantitative estimate of drug-likeness (QED) is 0.694. The first kappa shape index (κ1) is 12.2. The third kappa shape index (κ3) is 3.32. The van der Waals surface area contributed by atoms with E-state index in [0.717, 1.165) is 13.1 Å². The number of morpholine rings is 1. The molecule has 1 rings (SSSR count). The fourth-order valence-electron chi connectivity index (χ4n) is 1.80. The summed E-state index contributed by atoms with van der Waals surface area (Å²) in [5, 5.41) is 0. The lowest BCUT2D eigenvalue weighted by molar-refractivity contribution is -0.134. The minimum atomic E-state index is -0.302. The molecule has 4 heteroatoms. The lowest BCUT2D eigenvalue weighted by Gasteiger charge is -2.37. The van der Waals surface area contributed by atoms with Gasteiger partial charge in [-0.05, 0) is 20.8 Å². The van der Waals surface area contributed by atoms with Gasteiger partial charge in [-0.25, -0.2) is 0 Å². The summed E-state index contributed by atoms with van der Waals surface area (Å²) >= 11 is 0. The van der Waals surface area contributed by atoms with Gasteiger partial charge in [-0.15, -0.1) is 0 Å². The van der Waals surface area contributed by atoms with E-state index in [1.54, 1.807) is 0 Å². The summed E-state index contributed by atoms with van der Waals surface area (Å²) in [4.78, 5) is 13.4. The SMILES string of the molecule is CC(C)=CCN1CCO[C@H](C)[C@H]1C(N)=O. The van der Waals surface area contributed by atoms with Gasteiger partial charge in [0.05, 0.1) is 12.7 Å². The van der Waals surface area contributed by atoms with Gasteiger partial charge in [0.15, 0.2) is 0 Å². The molecule has 86 valence electrons. The maximum Gasteiger partial charge on any atom is 0.237 e. The number of nitrogens with zero attached hydrogens (tertiary/aromatic N) is 1. The lowest BCUT2D eigenvalue weighted by atomic mass is 10.1. The highest BCUT2D eigenvalue weighted by Crippen LogP contribution is 2.13. The van der Waals surface area contributed by atoms with E-state index in [1.165, 1.54) is 5.57 Å². The molecule has 0 radical (unpaired) electrons. The van der Waals surface area contributed by atoms with E-state index in [1.807, 2.05) is 20.8 Å². The molecule has 1 fully saturated rings. The van der Waals surface area contributed by atoms with Crippen molar-refractivity contribution in [2.75, 3.05) is 19.7 Å². The standard InChI is InChI=1S/C11H20N2O2/c1-8(2)4-5-13-6-7-15-9(3)10(13)11(12)14/h4,9-10H,5-7H2,1-3H3,(H2,12,14)/t9-,10+/m1/s1. The Hall–Kier alpha value is -0.870. The van der Waals surface area contributed by atoms with E-state index < -0.39 is 0 Å². The molecule has 4 nitrogen and oxygen atoms in total. The summed E-state index contributed by atoms with van der Waals surface area (Å²) in [5.41, 5.74) is 6.62. The number of carbonyl (C=O) groups is 1. The van der Waals surface area contributed by atoms with Crippen LogP contribution in [0.5, 0.6) is 0 Å². The molecule has 1 amide bonds. The van der Waals surface area contributed by atoms with E-state index in [0.29, 0.717) is 6.61 Å². The van der Waals surface area contributed by atoms with Gasteiger partial charge in [0.2, 0.25) is 5.91 Å². The smallest absolute Gasteiger partial charge is 0.237 e. The molecule has 1 saturated heterocycles. The minimum Gasteiger partial charge on any atom is -0.375 e. The highest BCUT2D eigenvalue weighted by atomic mass is 16.5. The van der Waals surface area contributed by atoms with Crippen molar-refractivity contribution in [3.8, 4) is 0 Å². The highest BCUT2D eigenvalue weighted by Gasteiger charge is 2.32. The van der Waals surface area contributed by atoms with Crippen molar-refractivity contribution in [2.24, 2.45) is 5.73 Å². The van der Waals surface area contributed by atoms with Crippen LogP contribution in [0.15, 0.2) is 11.6 Å². The van der Waals surface area contributed by atoms with Crippen molar-refractivity contribution in [3.63, 3.8) is 0 Å². The first-order valence-corrected chi connectivity index (χ1v) is 5.30. The number of rotatable bonds is 3. The first-order chi connectivity index (χ1) is 7.02. The van der Waals surface area contributed by atoms with Gasteiger partial charge >= 0.3 is 0 Å². The van der Waals surface area contributed by atoms with E-state index in [9.17, 15) is 4.79 Å². The zero-order valence-corrected chi connectivity index (χ0v) is 9.69. The van der Waals surface area contributed by atoms with Crippen LogP contribution in [0, 0.1) is 0 Å². The van der Waals surface area contributed by atoms with Crippen LogP contribution >= 0.6 is 0 Å². The molecular formula is C11H20N2O2. The zero-order chi connectivity index (χ0) is 11.4. The molecule has 0 bridgehead atoms. The Bertz CT molecular complexity index is 259. The van der Waals surface area contributed by atoms with Crippen LogP contribution in [0.25, 0.3) is 0 Å². The molecule has 0 aliphatic carbocycles. The number of nitrogens with two attached hydrogens (primary N) is 1. The van der Waals surface area contributed by atoms with Crippen LogP contribution < -0.4 is 5.73 Å². The summed E-state index contributed by atoms with van der Waals surface area (Å²) < 4.78 is 5.43. The Kier molecular flexibility index (Phi) is 4.29. The largest absolute Gasteiger partial charge is 0.375 e. The number of carbonyl (C=O) groups excluding carboxylic acids is 1. The number of hydrogen-bond acceptors (Lipinski definition) is 3. The van der Waals surface area contributed by atoms with Crippen molar-refractivity contribution in [3.05, 3.63) is 11.6 Å². The number of hydrogen-bond donors (Lipinski definition) is 1. The maximum absolute atomic E-state index is 11.3. The molecule has 0 aromatic rings. The Morgan fingerprint density at radius 3 is 2.80 bits per heavy atom. The summed E-state index contributed by atoms with van der Waals surface area (Å²) in [6, 6.07) is -0.297. The van der Waals surface area contributed by atoms with Crippen LogP contribution in [-0.4, -0.2) is 42.6 Å². The van der Waals surface area contributed by atoms with Crippen molar-refractivity contribution in [1.29, 1.82) is 0 Å². The third-order valence-electron chi connectivity index (χ3n) is 2.62. The molecule has 0 unspecified atom stereocenters. The van der Waals surface area contributed by atoms with Gasteiger partial charge in [-0.3, -0.25) is 9.69 Å². The van der Waals surface area contributed by atoms with E-state index in [-0.39, 0.29) is 18.1 Å².